The first-order chi connectivity index (χ1) is 7.58. The van der Waals surface area contributed by atoms with Crippen molar-refractivity contribution in [1.29, 1.82) is 0 Å². The molecule has 0 radical (unpaired) electrons. The molecule has 0 bridgehead atoms. The maximum absolute atomic E-state index is 8.91. The molecule has 4 nitrogen and oxygen atoms in total. The third-order valence-electron chi connectivity index (χ3n) is 1.97. The summed E-state index contributed by atoms with van der Waals surface area (Å²) < 4.78 is 0. The summed E-state index contributed by atoms with van der Waals surface area (Å²) in [6, 6.07) is 0. The molecule has 1 aliphatic rings. The van der Waals surface area contributed by atoms with Gasteiger partial charge < -0.3 is 20.4 Å². The molecule has 0 aromatic heterocycles. The lowest BCUT2D eigenvalue weighted by atomic mass is 9.98. The highest BCUT2D eigenvalue weighted by atomic mass is 16.3. The summed E-state index contributed by atoms with van der Waals surface area (Å²) in [5.74, 6) is 0. The topological polar surface area (TPSA) is 80.9 Å². The van der Waals surface area contributed by atoms with E-state index in [2.05, 4.69) is 6.58 Å². The molecular formula is C12H26O4. The van der Waals surface area contributed by atoms with Crippen LogP contribution in [0.1, 0.15) is 39.0 Å². The minimum Gasteiger partial charge on any atom is -0.394 e. The van der Waals surface area contributed by atoms with Crippen molar-refractivity contribution in [2.75, 3.05) is 13.2 Å². The first kappa shape index (κ1) is 18.0. The quantitative estimate of drug-likeness (QED) is 0.534. The normalized spacial score (nSPS) is 17.3. The van der Waals surface area contributed by atoms with E-state index in [0.29, 0.717) is 0 Å². The Morgan fingerprint density at radius 3 is 1.75 bits per heavy atom. The van der Waals surface area contributed by atoms with Crippen molar-refractivity contribution < 1.29 is 20.4 Å². The van der Waals surface area contributed by atoms with Gasteiger partial charge in [-0.15, -0.1) is 6.58 Å². The SMILES string of the molecule is C=CCO.CC(O)CO.OC1CCCCC1. The molecule has 1 atom stereocenters. The monoisotopic (exact) mass is 234 g/mol. The van der Waals surface area contributed by atoms with E-state index in [-0.39, 0.29) is 19.3 Å². The second-order valence-electron chi connectivity index (χ2n) is 3.79. The zero-order valence-electron chi connectivity index (χ0n) is 10.2. The van der Waals surface area contributed by atoms with Gasteiger partial charge in [0, 0.05) is 0 Å². The van der Waals surface area contributed by atoms with Gasteiger partial charge in [0.05, 0.1) is 25.4 Å². The Kier molecular flexibility index (Phi) is 16.4. The van der Waals surface area contributed by atoms with Crippen LogP contribution in [0.3, 0.4) is 0 Å². The molecular weight excluding hydrogens is 208 g/mol. The van der Waals surface area contributed by atoms with Crippen LogP contribution in [0.25, 0.3) is 0 Å². The van der Waals surface area contributed by atoms with Crippen LogP contribution in [0, 0.1) is 0 Å². The minimum atomic E-state index is -0.560. The third-order valence-corrected chi connectivity index (χ3v) is 1.97. The van der Waals surface area contributed by atoms with Crippen molar-refractivity contribution in [1.82, 2.24) is 0 Å². The van der Waals surface area contributed by atoms with Crippen molar-refractivity contribution in [3.8, 4) is 0 Å². The maximum atomic E-state index is 8.91. The summed E-state index contributed by atoms with van der Waals surface area (Å²) in [5, 5.41) is 32.7. The molecule has 1 rings (SSSR count). The van der Waals surface area contributed by atoms with Crippen molar-refractivity contribution in [3.63, 3.8) is 0 Å². The van der Waals surface area contributed by atoms with E-state index in [1.165, 1.54) is 32.3 Å². The van der Waals surface area contributed by atoms with E-state index in [1.807, 2.05) is 0 Å². The van der Waals surface area contributed by atoms with E-state index < -0.39 is 6.10 Å². The zero-order chi connectivity index (χ0) is 12.8. The van der Waals surface area contributed by atoms with Gasteiger partial charge in [-0.2, -0.15) is 0 Å². The molecule has 0 saturated heterocycles. The van der Waals surface area contributed by atoms with Gasteiger partial charge >= 0.3 is 0 Å². The highest BCUT2D eigenvalue weighted by molar-refractivity contribution is 4.61. The molecule has 0 aromatic rings. The molecule has 98 valence electrons. The average Bonchev–Trinajstić information content (AvgIpc) is 2.31. The van der Waals surface area contributed by atoms with Gasteiger partial charge in [0.25, 0.3) is 0 Å². The van der Waals surface area contributed by atoms with Crippen molar-refractivity contribution in [3.05, 3.63) is 12.7 Å². The highest BCUT2D eigenvalue weighted by Crippen LogP contribution is 2.16. The number of rotatable bonds is 2. The Hall–Kier alpha value is -0.420. The van der Waals surface area contributed by atoms with Crippen LogP contribution < -0.4 is 0 Å². The molecule has 4 N–H and O–H groups in total. The van der Waals surface area contributed by atoms with Crippen molar-refractivity contribution >= 4 is 0 Å². The van der Waals surface area contributed by atoms with E-state index >= 15 is 0 Å². The molecule has 4 heteroatoms. The van der Waals surface area contributed by atoms with Crippen LogP contribution in [-0.4, -0.2) is 45.8 Å². The fraction of sp³-hybridized carbons (Fsp3) is 0.833. The molecule has 1 unspecified atom stereocenters. The lowest BCUT2D eigenvalue weighted by Crippen LogP contribution is -2.09. The van der Waals surface area contributed by atoms with Crippen LogP contribution in [-0.2, 0) is 0 Å². The molecule has 0 spiro atoms. The number of aliphatic hydroxyl groups excluding tert-OH is 4. The molecule has 0 heterocycles. The smallest absolute Gasteiger partial charge is 0.0742 e. The second-order valence-corrected chi connectivity index (χ2v) is 3.79. The zero-order valence-corrected chi connectivity index (χ0v) is 10.2. The Morgan fingerprint density at radius 1 is 1.25 bits per heavy atom. The Morgan fingerprint density at radius 2 is 1.62 bits per heavy atom. The van der Waals surface area contributed by atoms with Gasteiger partial charge in [-0.05, 0) is 19.8 Å². The van der Waals surface area contributed by atoms with E-state index in [4.69, 9.17) is 20.4 Å². The van der Waals surface area contributed by atoms with Crippen LogP contribution >= 0.6 is 0 Å². The maximum Gasteiger partial charge on any atom is 0.0742 e. The number of hydrogen-bond acceptors (Lipinski definition) is 4. The molecule has 16 heavy (non-hydrogen) atoms. The molecule has 1 aliphatic carbocycles. The van der Waals surface area contributed by atoms with Gasteiger partial charge in [0.15, 0.2) is 0 Å². The average molecular weight is 234 g/mol. The standard InChI is InChI=1S/C6H12O.C3H8O2.C3H6O/c7-6-4-2-1-3-5-6;1-3(5)2-4;1-2-3-4/h6-7H,1-5H2;3-5H,2H2,1H3;2,4H,1,3H2. The van der Waals surface area contributed by atoms with Gasteiger partial charge in [-0.3, -0.25) is 0 Å². The fourth-order valence-electron chi connectivity index (χ4n) is 1.08. The lowest BCUT2D eigenvalue weighted by molar-refractivity contribution is 0.110. The Bertz CT molecular complexity index is 131. The lowest BCUT2D eigenvalue weighted by Gasteiger charge is -2.14. The Labute approximate surface area is 98.2 Å². The molecule has 1 saturated carbocycles. The second kappa shape index (κ2) is 14.6. The highest BCUT2D eigenvalue weighted by Gasteiger charge is 2.07. The van der Waals surface area contributed by atoms with Crippen LogP contribution in [0.2, 0.25) is 0 Å². The summed E-state index contributed by atoms with van der Waals surface area (Å²) in [5.41, 5.74) is 0. The van der Waals surface area contributed by atoms with Gasteiger partial charge in [-0.1, -0.05) is 25.3 Å². The fourth-order valence-corrected chi connectivity index (χ4v) is 1.08. The van der Waals surface area contributed by atoms with E-state index in [1.54, 1.807) is 0 Å². The van der Waals surface area contributed by atoms with Gasteiger partial charge in [-0.25, -0.2) is 0 Å². The summed E-state index contributed by atoms with van der Waals surface area (Å²) in [6.45, 7) is 4.70. The first-order valence-electron chi connectivity index (χ1n) is 5.77. The predicted octanol–water partition coefficient (Wildman–Crippen LogP) is 0.836. The van der Waals surface area contributed by atoms with Crippen LogP contribution in [0.15, 0.2) is 12.7 Å². The van der Waals surface area contributed by atoms with E-state index in [9.17, 15) is 0 Å². The van der Waals surface area contributed by atoms with Gasteiger partial charge in [0.1, 0.15) is 0 Å². The molecule has 0 amide bonds. The van der Waals surface area contributed by atoms with Crippen molar-refractivity contribution in [2.45, 2.75) is 51.2 Å². The summed E-state index contributed by atoms with van der Waals surface area (Å²) in [4.78, 5) is 0. The number of aliphatic hydroxyl groups is 4. The Balaban J connectivity index is 0. The molecule has 0 aromatic carbocycles. The summed E-state index contributed by atoms with van der Waals surface area (Å²) in [6.07, 6.45) is 6.79. The van der Waals surface area contributed by atoms with Crippen LogP contribution in [0.5, 0.6) is 0 Å². The van der Waals surface area contributed by atoms with E-state index in [0.717, 1.165) is 12.8 Å². The van der Waals surface area contributed by atoms with Crippen molar-refractivity contribution in [2.24, 2.45) is 0 Å². The summed E-state index contributed by atoms with van der Waals surface area (Å²) in [7, 11) is 0. The summed E-state index contributed by atoms with van der Waals surface area (Å²) >= 11 is 0. The molecule has 0 aliphatic heterocycles. The predicted molar refractivity (Wildman–Crippen MR) is 65.1 cm³/mol. The third kappa shape index (κ3) is 19.2. The minimum absolute atomic E-state index is 0.0359. The van der Waals surface area contributed by atoms with Crippen LogP contribution in [0.4, 0.5) is 0 Å². The molecule has 1 fully saturated rings. The van der Waals surface area contributed by atoms with Gasteiger partial charge in [0.2, 0.25) is 0 Å². The largest absolute Gasteiger partial charge is 0.394 e. The first-order valence-corrected chi connectivity index (χ1v) is 5.77. The number of hydrogen-bond donors (Lipinski definition) is 4.